The number of pyridine rings is 1. The average molecular weight is 478 g/mol. The van der Waals surface area contributed by atoms with Crippen LogP contribution in [0.25, 0.3) is 0 Å². The number of nitrogens with zero attached hydrogens (tertiary/aromatic N) is 1. The highest BCUT2D eigenvalue weighted by atomic mass is 32.1. The van der Waals surface area contributed by atoms with E-state index >= 15 is 0 Å². The third-order valence-electron chi connectivity index (χ3n) is 5.62. The third kappa shape index (κ3) is 4.77. The van der Waals surface area contributed by atoms with Crippen LogP contribution in [-0.2, 0) is 0 Å². The number of anilines is 2. The van der Waals surface area contributed by atoms with Gasteiger partial charge in [0.2, 0.25) is 0 Å². The van der Waals surface area contributed by atoms with Gasteiger partial charge in [-0.2, -0.15) is 0 Å². The van der Waals surface area contributed by atoms with Crippen LogP contribution in [0.5, 0.6) is 11.5 Å². The molecule has 176 valence electrons. The molecule has 8 heteroatoms. The van der Waals surface area contributed by atoms with Crippen molar-refractivity contribution in [3.63, 3.8) is 0 Å². The Morgan fingerprint density at radius 1 is 1.06 bits per heavy atom. The highest BCUT2D eigenvalue weighted by Crippen LogP contribution is 2.44. The van der Waals surface area contributed by atoms with E-state index in [1.807, 2.05) is 50.2 Å². The summed E-state index contributed by atoms with van der Waals surface area (Å²) >= 11 is 1.52. The molecule has 0 unspecified atom stereocenters. The molecule has 0 fully saturated rings. The molecule has 0 aliphatic carbocycles. The molecule has 0 saturated carbocycles. The number of hydrogen-bond acceptors (Lipinski definition) is 7. The molecule has 34 heavy (non-hydrogen) atoms. The van der Waals surface area contributed by atoms with Crippen LogP contribution in [0.4, 0.5) is 10.8 Å². The molecule has 7 nitrogen and oxygen atoms in total. The first-order valence-electron chi connectivity index (χ1n) is 10.8. The molecule has 0 saturated heterocycles. The summed E-state index contributed by atoms with van der Waals surface area (Å²) < 4.78 is 16.5. The third-order valence-corrected chi connectivity index (χ3v) is 6.76. The minimum Gasteiger partial charge on any atom is -0.497 e. The Labute approximate surface area is 202 Å². The lowest BCUT2D eigenvalue weighted by molar-refractivity contribution is 0.0997. The second-order valence-corrected chi connectivity index (χ2v) is 9.03. The zero-order valence-corrected chi connectivity index (χ0v) is 20.6. The first-order valence-corrected chi connectivity index (χ1v) is 11.6. The van der Waals surface area contributed by atoms with Gasteiger partial charge < -0.3 is 24.5 Å². The average Bonchev–Trinajstić information content (AvgIpc) is 3.46. The predicted octanol–water partition coefficient (Wildman–Crippen LogP) is 6.13. The van der Waals surface area contributed by atoms with Crippen molar-refractivity contribution in [3.05, 3.63) is 87.8 Å². The van der Waals surface area contributed by atoms with Gasteiger partial charge in [0.25, 0.3) is 5.91 Å². The summed E-state index contributed by atoms with van der Waals surface area (Å²) in [4.78, 5) is 18.6. The van der Waals surface area contributed by atoms with Gasteiger partial charge in [-0.05, 0) is 68.8 Å². The van der Waals surface area contributed by atoms with Gasteiger partial charge in [0.15, 0.2) is 5.76 Å². The number of methoxy groups -OCH3 is 2. The first kappa shape index (κ1) is 23.4. The van der Waals surface area contributed by atoms with Crippen molar-refractivity contribution < 1.29 is 18.7 Å². The summed E-state index contributed by atoms with van der Waals surface area (Å²) in [6, 6.07) is 14.4. The number of aromatic nitrogens is 1. The summed E-state index contributed by atoms with van der Waals surface area (Å²) in [6.45, 7) is 6.03. The standard InChI is InChI=1S/C26H27N3O4S/c1-15-8-6-10-22(27-15)28-24(19-14-18(31-4)11-12-20(19)32-5)23-16(2)17(3)34-26(23)29-25(30)21-9-7-13-33-21/h6-14,24H,1-5H3,(H,27,28)(H,29,30)/t24-/m0/s1. The Morgan fingerprint density at radius 2 is 1.88 bits per heavy atom. The molecule has 4 rings (SSSR count). The molecule has 0 bridgehead atoms. The molecule has 0 aliphatic rings. The molecule has 0 spiro atoms. The van der Waals surface area contributed by atoms with Crippen LogP contribution < -0.4 is 20.1 Å². The van der Waals surface area contributed by atoms with Crippen LogP contribution in [0, 0.1) is 20.8 Å². The number of carbonyl (C=O) groups is 1. The van der Waals surface area contributed by atoms with Crippen LogP contribution in [0.1, 0.15) is 43.9 Å². The monoisotopic (exact) mass is 477 g/mol. The van der Waals surface area contributed by atoms with Crippen LogP contribution in [0.15, 0.2) is 59.2 Å². The van der Waals surface area contributed by atoms with E-state index in [2.05, 4.69) is 22.5 Å². The van der Waals surface area contributed by atoms with Crippen molar-refractivity contribution in [1.29, 1.82) is 0 Å². The predicted molar refractivity (Wildman–Crippen MR) is 134 cm³/mol. The Balaban J connectivity index is 1.86. The second kappa shape index (κ2) is 10.0. The normalized spacial score (nSPS) is 11.7. The maximum Gasteiger partial charge on any atom is 0.291 e. The molecular weight excluding hydrogens is 450 g/mol. The van der Waals surface area contributed by atoms with Gasteiger partial charge in [-0.25, -0.2) is 4.98 Å². The molecule has 3 aromatic heterocycles. The summed E-state index contributed by atoms with van der Waals surface area (Å²) in [5.74, 6) is 2.04. The zero-order valence-electron chi connectivity index (χ0n) is 19.8. The van der Waals surface area contributed by atoms with Crippen LogP contribution in [0.3, 0.4) is 0 Å². The summed E-state index contributed by atoms with van der Waals surface area (Å²) in [5.41, 5.74) is 3.75. The van der Waals surface area contributed by atoms with Crippen molar-refractivity contribution in [2.45, 2.75) is 26.8 Å². The van der Waals surface area contributed by atoms with Gasteiger partial charge in [-0.1, -0.05) is 6.07 Å². The van der Waals surface area contributed by atoms with E-state index in [1.165, 1.54) is 17.6 Å². The minimum atomic E-state index is -0.379. The Bertz CT molecular complexity index is 1300. The molecule has 0 radical (unpaired) electrons. The zero-order chi connectivity index (χ0) is 24.2. The number of rotatable bonds is 8. The number of benzene rings is 1. The van der Waals surface area contributed by atoms with E-state index in [0.717, 1.165) is 32.3 Å². The molecular formula is C26H27N3O4S. The van der Waals surface area contributed by atoms with E-state index in [-0.39, 0.29) is 17.7 Å². The number of ether oxygens (including phenoxy) is 2. The van der Waals surface area contributed by atoms with Crippen molar-refractivity contribution in [2.75, 3.05) is 24.9 Å². The van der Waals surface area contributed by atoms with Gasteiger partial charge in [0, 0.05) is 21.7 Å². The fraction of sp³-hybridized carbons (Fsp3) is 0.231. The first-order chi connectivity index (χ1) is 16.4. The van der Waals surface area contributed by atoms with E-state index in [0.29, 0.717) is 17.3 Å². The van der Waals surface area contributed by atoms with Crippen LogP contribution in [0.2, 0.25) is 0 Å². The lowest BCUT2D eigenvalue weighted by Gasteiger charge is -2.24. The molecule has 3 heterocycles. The fourth-order valence-corrected chi connectivity index (χ4v) is 4.89. The van der Waals surface area contributed by atoms with Gasteiger partial charge in [-0.3, -0.25) is 4.79 Å². The Morgan fingerprint density at radius 3 is 2.56 bits per heavy atom. The van der Waals surface area contributed by atoms with Crippen LogP contribution in [-0.4, -0.2) is 25.1 Å². The highest BCUT2D eigenvalue weighted by molar-refractivity contribution is 7.16. The fourth-order valence-electron chi connectivity index (χ4n) is 3.80. The maximum absolute atomic E-state index is 12.9. The topological polar surface area (TPSA) is 85.6 Å². The molecule has 1 aromatic carbocycles. The number of thiophene rings is 1. The summed E-state index contributed by atoms with van der Waals surface area (Å²) in [6.07, 6.45) is 1.48. The highest BCUT2D eigenvalue weighted by Gasteiger charge is 2.28. The Hall–Kier alpha value is -3.78. The summed E-state index contributed by atoms with van der Waals surface area (Å²) in [5, 5.41) is 7.34. The maximum atomic E-state index is 12.9. The van der Waals surface area contributed by atoms with Crippen LogP contribution >= 0.6 is 11.3 Å². The number of amides is 1. The smallest absolute Gasteiger partial charge is 0.291 e. The van der Waals surface area contributed by atoms with E-state index < -0.39 is 0 Å². The van der Waals surface area contributed by atoms with Crippen molar-refractivity contribution >= 4 is 28.1 Å². The quantitative estimate of drug-likeness (QED) is 0.317. The molecule has 2 N–H and O–H groups in total. The van der Waals surface area contributed by atoms with Crippen molar-refractivity contribution in [2.24, 2.45) is 0 Å². The SMILES string of the molecule is COc1ccc(OC)c([C@H](Nc2cccc(C)n2)c2c(NC(=O)c3ccco3)sc(C)c2C)c1. The van der Waals surface area contributed by atoms with Crippen molar-refractivity contribution in [1.82, 2.24) is 4.98 Å². The minimum absolute atomic E-state index is 0.249. The summed E-state index contributed by atoms with van der Waals surface area (Å²) in [7, 11) is 3.27. The van der Waals surface area contributed by atoms with E-state index in [9.17, 15) is 4.79 Å². The van der Waals surface area contributed by atoms with Gasteiger partial charge in [0.05, 0.1) is 26.5 Å². The lowest BCUT2D eigenvalue weighted by atomic mass is 9.95. The van der Waals surface area contributed by atoms with Gasteiger partial charge in [-0.15, -0.1) is 11.3 Å². The van der Waals surface area contributed by atoms with E-state index in [4.69, 9.17) is 13.9 Å². The number of aryl methyl sites for hydroxylation is 2. The number of hydrogen-bond donors (Lipinski definition) is 2. The molecule has 4 aromatic rings. The number of furan rings is 1. The van der Waals surface area contributed by atoms with E-state index in [1.54, 1.807) is 26.4 Å². The molecule has 1 atom stereocenters. The second-order valence-electron chi connectivity index (χ2n) is 7.81. The van der Waals surface area contributed by atoms with Gasteiger partial charge in [0.1, 0.15) is 22.3 Å². The molecule has 1 amide bonds. The number of nitrogens with one attached hydrogen (secondary N) is 2. The van der Waals surface area contributed by atoms with Crippen molar-refractivity contribution in [3.8, 4) is 11.5 Å². The number of carbonyl (C=O) groups excluding carboxylic acids is 1. The van der Waals surface area contributed by atoms with Gasteiger partial charge >= 0.3 is 0 Å². The largest absolute Gasteiger partial charge is 0.497 e. The molecule has 0 aliphatic heterocycles. The lowest BCUT2D eigenvalue weighted by Crippen LogP contribution is -2.18. The Kier molecular flexibility index (Phi) is 6.88.